The van der Waals surface area contributed by atoms with Crippen molar-refractivity contribution in [2.75, 3.05) is 16.4 Å². The van der Waals surface area contributed by atoms with Crippen LogP contribution in [0.3, 0.4) is 0 Å². The Balaban J connectivity index is 1.61. The van der Waals surface area contributed by atoms with E-state index in [9.17, 15) is 18.4 Å². The fourth-order valence-corrected chi connectivity index (χ4v) is 3.45. The molecular formula is C23H20F2N6O2. The first kappa shape index (κ1) is 21.9. The Kier molecular flexibility index (Phi) is 5.74. The van der Waals surface area contributed by atoms with Crippen LogP contribution in [-0.2, 0) is 0 Å². The number of hydrogen-bond acceptors (Lipinski definition) is 5. The summed E-state index contributed by atoms with van der Waals surface area (Å²) in [6.45, 7) is 3.91. The molecule has 0 atom stereocenters. The zero-order valence-electron chi connectivity index (χ0n) is 17.8. The van der Waals surface area contributed by atoms with Crippen molar-refractivity contribution in [2.24, 2.45) is 0 Å². The Morgan fingerprint density at radius 2 is 1.85 bits per heavy atom. The molecule has 33 heavy (non-hydrogen) atoms. The van der Waals surface area contributed by atoms with E-state index in [1.807, 2.05) is 18.4 Å². The van der Waals surface area contributed by atoms with Gasteiger partial charge in [-0.2, -0.15) is 0 Å². The molecule has 4 rings (SSSR count). The molecule has 8 nitrogen and oxygen atoms in total. The van der Waals surface area contributed by atoms with Crippen molar-refractivity contribution in [2.45, 2.75) is 19.9 Å². The molecule has 2 heterocycles. The van der Waals surface area contributed by atoms with Crippen molar-refractivity contribution in [1.29, 1.82) is 0 Å². The molecule has 0 saturated carbocycles. The number of fused-ring (bicyclic) bond motifs is 1. The number of aromatic nitrogens is 3. The summed E-state index contributed by atoms with van der Waals surface area (Å²) in [6.07, 6.45) is 3.03. The van der Waals surface area contributed by atoms with Crippen LogP contribution in [0.25, 0.3) is 11.0 Å². The molecule has 168 valence electrons. The fraction of sp³-hybridized carbons (Fsp3) is 0.130. The molecule has 4 N–H and O–H groups in total. The Labute approximate surface area is 187 Å². The number of halogens is 2. The molecule has 4 aromatic rings. The number of benzene rings is 2. The minimum Gasteiger partial charge on any atom is -0.383 e. The Morgan fingerprint density at radius 3 is 2.61 bits per heavy atom. The van der Waals surface area contributed by atoms with E-state index in [0.717, 1.165) is 18.2 Å². The highest BCUT2D eigenvalue weighted by Crippen LogP contribution is 2.29. The van der Waals surface area contributed by atoms with Gasteiger partial charge < -0.3 is 20.9 Å². The largest absolute Gasteiger partial charge is 0.383 e. The van der Waals surface area contributed by atoms with Gasteiger partial charge in [-0.3, -0.25) is 4.79 Å². The number of carbonyl (C=O) groups is 2. The molecule has 0 radical (unpaired) electrons. The molecule has 2 aromatic carbocycles. The van der Waals surface area contributed by atoms with Gasteiger partial charge in [-0.25, -0.2) is 23.5 Å². The number of anilines is 3. The summed E-state index contributed by atoms with van der Waals surface area (Å²) in [6, 6.07) is 8.18. The number of urea groups is 1. The second-order valence-electron chi connectivity index (χ2n) is 7.61. The zero-order chi connectivity index (χ0) is 23.7. The van der Waals surface area contributed by atoms with E-state index in [1.165, 1.54) is 12.4 Å². The second kappa shape index (κ2) is 8.65. The average Bonchev–Trinajstić information content (AvgIpc) is 3.17. The number of nitrogens with two attached hydrogens (primary N) is 1. The highest BCUT2D eigenvalue weighted by Gasteiger charge is 2.21. The van der Waals surface area contributed by atoms with Gasteiger partial charge in [0, 0.05) is 29.6 Å². The third kappa shape index (κ3) is 4.36. The predicted octanol–water partition coefficient (Wildman–Crippen LogP) is 4.75. The van der Waals surface area contributed by atoms with Gasteiger partial charge in [0.15, 0.2) is 5.78 Å². The first-order valence-electron chi connectivity index (χ1n) is 10.0. The van der Waals surface area contributed by atoms with Crippen LogP contribution in [0.5, 0.6) is 0 Å². The van der Waals surface area contributed by atoms with E-state index >= 15 is 0 Å². The van der Waals surface area contributed by atoms with Crippen molar-refractivity contribution in [3.8, 4) is 0 Å². The minimum atomic E-state index is -0.793. The quantitative estimate of drug-likeness (QED) is 0.380. The van der Waals surface area contributed by atoms with Crippen LogP contribution in [0.4, 0.5) is 30.8 Å². The molecule has 0 spiro atoms. The maximum atomic E-state index is 13.8. The first-order chi connectivity index (χ1) is 15.7. The lowest BCUT2D eigenvalue weighted by atomic mass is 10.0. The summed E-state index contributed by atoms with van der Waals surface area (Å²) in [4.78, 5) is 33.8. The molecule has 0 aliphatic carbocycles. The number of carbonyl (C=O) groups excluding carboxylic acids is 2. The smallest absolute Gasteiger partial charge is 0.323 e. The number of amides is 2. The van der Waals surface area contributed by atoms with E-state index in [1.54, 1.807) is 24.4 Å². The monoisotopic (exact) mass is 450 g/mol. The van der Waals surface area contributed by atoms with Gasteiger partial charge >= 0.3 is 6.03 Å². The summed E-state index contributed by atoms with van der Waals surface area (Å²) < 4.78 is 28.9. The number of rotatable bonds is 5. The Morgan fingerprint density at radius 1 is 1.06 bits per heavy atom. The van der Waals surface area contributed by atoms with Crippen LogP contribution in [0.15, 0.2) is 55.0 Å². The van der Waals surface area contributed by atoms with Crippen molar-refractivity contribution < 1.29 is 18.4 Å². The SMILES string of the molecule is CC(C)n1cc(C(=O)c2cccc(NC(=O)Nc3cc(F)ccc3F)c2)c2c(N)ncnc21. The lowest BCUT2D eigenvalue weighted by Crippen LogP contribution is -2.20. The van der Waals surface area contributed by atoms with Crippen LogP contribution in [0.2, 0.25) is 0 Å². The van der Waals surface area contributed by atoms with Gasteiger partial charge in [0.05, 0.1) is 16.6 Å². The number of nitrogens with zero attached hydrogens (tertiary/aromatic N) is 3. The summed E-state index contributed by atoms with van der Waals surface area (Å²) >= 11 is 0. The molecule has 0 aliphatic rings. The lowest BCUT2D eigenvalue weighted by molar-refractivity contribution is 0.104. The molecule has 2 amide bonds. The highest BCUT2D eigenvalue weighted by atomic mass is 19.1. The van der Waals surface area contributed by atoms with Gasteiger partial charge in [-0.15, -0.1) is 0 Å². The second-order valence-corrected chi connectivity index (χ2v) is 7.61. The predicted molar refractivity (Wildman–Crippen MR) is 121 cm³/mol. The normalized spacial score (nSPS) is 11.1. The van der Waals surface area contributed by atoms with Crippen LogP contribution in [0, 0.1) is 11.6 Å². The van der Waals surface area contributed by atoms with Gasteiger partial charge in [0.2, 0.25) is 0 Å². The molecular weight excluding hydrogens is 430 g/mol. The van der Waals surface area contributed by atoms with Crippen LogP contribution in [0.1, 0.15) is 35.8 Å². The maximum Gasteiger partial charge on any atom is 0.323 e. The fourth-order valence-electron chi connectivity index (χ4n) is 3.45. The van der Waals surface area contributed by atoms with Crippen molar-refractivity contribution in [3.05, 3.63) is 77.8 Å². The van der Waals surface area contributed by atoms with E-state index in [0.29, 0.717) is 16.6 Å². The Bertz CT molecular complexity index is 1380. The summed E-state index contributed by atoms with van der Waals surface area (Å²) in [7, 11) is 0. The van der Waals surface area contributed by atoms with E-state index in [-0.39, 0.29) is 34.6 Å². The van der Waals surface area contributed by atoms with E-state index < -0.39 is 17.7 Å². The minimum absolute atomic E-state index is 0.0308. The standard InChI is InChI=1S/C23H20F2N6O2/c1-12(2)31-10-16(19-21(26)27-11-28-22(19)31)20(32)13-4-3-5-15(8-13)29-23(33)30-18-9-14(24)6-7-17(18)25/h3-12H,1-2H3,(H2,26,27,28)(H2,29,30,33). The van der Waals surface area contributed by atoms with Gasteiger partial charge in [0.1, 0.15) is 29.4 Å². The van der Waals surface area contributed by atoms with Gasteiger partial charge in [-0.05, 0) is 38.1 Å². The number of ketones is 1. The molecule has 0 aliphatic heterocycles. The molecule has 0 bridgehead atoms. The number of nitrogens with one attached hydrogen (secondary N) is 2. The van der Waals surface area contributed by atoms with Crippen LogP contribution >= 0.6 is 0 Å². The van der Waals surface area contributed by atoms with Crippen molar-refractivity contribution in [1.82, 2.24) is 14.5 Å². The third-order valence-corrected chi connectivity index (χ3v) is 5.00. The highest BCUT2D eigenvalue weighted by molar-refractivity contribution is 6.18. The molecule has 10 heteroatoms. The van der Waals surface area contributed by atoms with Gasteiger partial charge in [0.25, 0.3) is 0 Å². The molecule has 0 saturated heterocycles. The first-order valence-corrected chi connectivity index (χ1v) is 10.0. The third-order valence-electron chi connectivity index (χ3n) is 5.00. The zero-order valence-corrected chi connectivity index (χ0v) is 17.8. The Hall–Kier alpha value is -4.34. The van der Waals surface area contributed by atoms with Crippen LogP contribution in [-0.4, -0.2) is 26.3 Å². The summed E-state index contributed by atoms with van der Waals surface area (Å²) in [5.41, 5.74) is 7.18. The van der Waals surface area contributed by atoms with E-state index in [4.69, 9.17) is 5.73 Å². The van der Waals surface area contributed by atoms with Crippen molar-refractivity contribution in [3.63, 3.8) is 0 Å². The maximum absolute atomic E-state index is 13.8. The van der Waals surface area contributed by atoms with Gasteiger partial charge in [-0.1, -0.05) is 12.1 Å². The average molecular weight is 450 g/mol. The molecule has 0 unspecified atom stereocenters. The number of hydrogen-bond donors (Lipinski definition) is 3. The summed E-state index contributed by atoms with van der Waals surface area (Å²) in [5.74, 6) is -1.62. The van der Waals surface area contributed by atoms with E-state index in [2.05, 4.69) is 20.6 Å². The van der Waals surface area contributed by atoms with Crippen molar-refractivity contribution >= 4 is 40.0 Å². The lowest BCUT2D eigenvalue weighted by Gasteiger charge is -2.09. The molecule has 2 aromatic heterocycles. The number of nitrogen functional groups attached to an aromatic ring is 1. The van der Waals surface area contributed by atoms with Crippen LogP contribution < -0.4 is 16.4 Å². The topological polar surface area (TPSA) is 115 Å². The molecule has 0 fully saturated rings. The summed E-state index contributed by atoms with van der Waals surface area (Å²) in [5, 5.41) is 5.20.